The summed E-state index contributed by atoms with van der Waals surface area (Å²) in [7, 11) is 0. The van der Waals surface area contributed by atoms with Crippen LogP contribution in [0.2, 0.25) is 0 Å². The third-order valence-corrected chi connectivity index (χ3v) is 5.12. The van der Waals surface area contributed by atoms with E-state index in [0.29, 0.717) is 6.04 Å². The molecule has 1 aliphatic heterocycles. The first kappa shape index (κ1) is 17.2. The summed E-state index contributed by atoms with van der Waals surface area (Å²) in [6.45, 7) is 5.26. The molecule has 0 amide bonds. The Labute approximate surface area is 153 Å². The minimum Gasteiger partial charge on any atom is -0.381 e. The minimum atomic E-state index is -0.192. The molecule has 4 nitrogen and oxygen atoms in total. The van der Waals surface area contributed by atoms with Crippen LogP contribution in [-0.2, 0) is 17.8 Å². The van der Waals surface area contributed by atoms with Gasteiger partial charge in [0.1, 0.15) is 11.5 Å². The maximum atomic E-state index is 13.2. The first-order valence-corrected chi connectivity index (χ1v) is 9.19. The number of hydrogen-bond donors (Lipinski definition) is 0. The quantitative estimate of drug-likeness (QED) is 0.695. The predicted octanol–water partition coefficient (Wildman–Crippen LogP) is 3.96. The molecule has 3 heterocycles. The molecule has 1 fully saturated rings. The lowest BCUT2D eigenvalue weighted by molar-refractivity contribution is 0.0273. The van der Waals surface area contributed by atoms with Crippen LogP contribution in [0.4, 0.5) is 4.39 Å². The molecule has 0 radical (unpaired) electrons. The highest BCUT2D eigenvalue weighted by Crippen LogP contribution is 2.21. The molecule has 0 N–H and O–H groups in total. The Hall–Kier alpha value is -2.24. The molecule has 0 atom stereocenters. The number of rotatable bonds is 5. The summed E-state index contributed by atoms with van der Waals surface area (Å²) in [5.74, 6) is -0.192. The van der Waals surface area contributed by atoms with E-state index in [1.165, 1.54) is 17.8 Å². The van der Waals surface area contributed by atoms with Crippen molar-refractivity contribution in [1.29, 1.82) is 0 Å². The molecule has 0 bridgehead atoms. The van der Waals surface area contributed by atoms with Gasteiger partial charge >= 0.3 is 0 Å². The van der Waals surface area contributed by atoms with Crippen LogP contribution < -0.4 is 0 Å². The molecule has 1 saturated heterocycles. The number of fused-ring (bicyclic) bond motifs is 1. The van der Waals surface area contributed by atoms with Gasteiger partial charge in [-0.05, 0) is 49.6 Å². The fraction of sp³-hybridized carbons (Fsp3) is 0.381. The van der Waals surface area contributed by atoms with Gasteiger partial charge in [0, 0.05) is 44.2 Å². The summed E-state index contributed by atoms with van der Waals surface area (Å²) in [6, 6.07) is 13.4. The standard InChI is InChI=1S/C21H24FN3O/c1-16-3-2-4-21-23-19(15-25(16)21)14-24(20-9-11-26-12-10-20)13-17-5-7-18(22)8-6-17/h2-8,15,20H,9-14H2,1H3. The molecule has 0 spiro atoms. The van der Waals surface area contributed by atoms with Gasteiger partial charge in [0.2, 0.25) is 0 Å². The number of benzene rings is 1. The Kier molecular flexibility index (Phi) is 5.00. The van der Waals surface area contributed by atoms with Gasteiger partial charge in [-0.3, -0.25) is 4.90 Å². The lowest BCUT2D eigenvalue weighted by Crippen LogP contribution is -2.38. The van der Waals surface area contributed by atoms with Crippen LogP contribution in [0.3, 0.4) is 0 Å². The minimum absolute atomic E-state index is 0.192. The van der Waals surface area contributed by atoms with Crippen molar-refractivity contribution in [2.45, 2.75) is 38.9 Å². The van der Waals surface area contributed by atoms with Gasteiger partial charge in [0.05, 0.1) is 5.69 Å². The number of nitrogens with zero attached hydrogens (tertiary/aromatic N) is 3. The number of aromatic nitrogens is 2. The van der Waals surface area contributed by atoms with Crippen molar-refractivity contribution in [3.63, 3.8) is 0 Å². The Balaban J connectivity index is 1.58. The molecule has 2 aromatic heterocycles. The van der Waals surface area contributed by atoms with Crippen LogP contribution in [0.5, 0.6) is 0 Å². The van der Waals surface area contributed by atoms with E-state index < -0.39 is 0 Å². The van der Waals surface area contributed by atoms with Crippen molar-refractivity contribution in [2.75, 3.05) is 13.2 Å². The number of halogens is 1. The Morgan fingerprint density at radius 3 is 2.62 bits per heavy atom. The van der Waals surface area contributed by atoms with Crippen molar-refractivity contribution >= 4 is 5.65 Å². The van der Waals surface area contributed by atoms with Gasteiger partial charge < -0.3 is 9.14 Å². The summed E-state index contributed by atoms with van der Waals surface area (Å²) in [6.07, 6.45) is 4.17. The third kappa shape index (κ3) is 3.79. The van der Waals surface area contributed by atoms with E-state index in [1.54, 1.807) is 0 Å². The maximum absolute atomic E-state index is 13.2. The van der Waals surface area contributed by atoms with Crippen molar-refractivity contribution in [1.82, 2.24) is 14.3 Å². The molecule has 3 aromatic rings. The molecule has 1 aliphatic rings. The smallest absolute Gasteiger partial charge is 0.137 e. The Morgan fingerprint density at radius 2 is 1.88 bits per heavy atom. The molecule has 1 aromatic carbocycles. The Morgan fingerprint density at radius 1 is 1.12 bits per heavy atom. The monoisotopic (exact) mass is 353 g/mol. The largest absolute Gasteiger partial charge is 0.381 e. The molecular formula is C21H24FN3O. The zero-order valence-electron chi connectivity index (χ0n) is 15.1. The fourth-order valence-electron chi connectivity index (χ4n) is 3.67. The van der Waals surface area contributed by atoms with Crippen LogP contribution in [0, 0.1) is 12.7 Å². The normalized spacial score (nSPS) is 15.8. The average Bonchev–Trinajstić information content (AvgIpc) is 3.08. The van der Waals surface area contributed by atoms with Crippen LogP contribution in [-0.4, -0.2) is 33.5 Å². The second kappa shape index (κ2) is 7.56. The number of hydrogen-bond acceptors (Lipinski definition) is 3. The van der Waals surface area contributed by atoms with Crippen molar-refractivity contribution < 1.29 is 9.13 Å². The topological polar surface area (TPSA) is 29.8 Å². The van der Waals surface area contributed by atoms with Crippen LogP contribution in [0.1, 0.15) is 29.8 Å². The van der Waals surface area contributed by atoms with Gasteiger partial charge in [0.15, 0.2) is 0 Å². The number of pyridine rings is 1. The van der Waals surface area contributed by atoms with Crippen molar-refractivity contribution in [3.8, 4) is 0 Å². The Bertz CT molecular complexity index is 869. The number of aryl methyl sites for hydroxylation is 1. The summed E-state index contributed by atoms with van der Waals surface area (Å²) in [5.41, 5.74) is 4.34. The molecule has 136 valence electrons. The first-order chi connectivity index (χ1) is 12.7. The highest BCUT2D eigenvalue weighted by atomic mass is 19.1. The molecule has 26 heavy (non-hydrogen) atoms. The van der Waals surface area contributed by atoms with Crippen LogP contribution >= 0.6 is 0 Å². The van der Waals surface area contributed by atoms with Gasteiger partial charge in [0.25, 0.3) is 0 Å². The highest BCUT2D eigenvalue weighted by Gasteiger charge is 2.23. The zero-order valence-corrected chi connectivity index (χ0v) is 15.1. The molecule has 0 saturated carbocycles. The SMILES string of the molecule is Cc1cccc2nc(CN(Cc3ccc(F)cc3)C3CCOCC3)cn12. The van der Waals surface area contributed by atoms with Gasteiger partial charge in [-0.15, -0.1) is 0 Å². The molecular weight excluding hydrogens is 329 g/mol. The predicted molar refractivity (Wildman–Crippen MR) is 99.4 cm³/mol. The summed E-state index contributed by atoms with van der Waals surface area (Å²) >= 11 is 0. The van der Waals surface area contributed by atoms with Crippen molar-refractivity contribution in [3.05, 3.63) is 71.4 Å². The second-order valence-corrected chi connectivity index (χ2v) is 7.00. The van der Waals surface area contributed by atoms with Gasteiger partial charge in [-0.1, -0.05) is 18.2 Å². The van der Waals surface area contributed by atoms with Gasteiger partial charge in [-0.25, -0.2) is 9.37 Å². The lowest BCUT2D eigenvalue weighted by atomic mass is 10.1. The molecule has 0 aliphatic carbocycles. The van der Waals surface area contributed by atoms with Crippen molar-refractivity contribution in [2.24, 2.45) is 0 Å². The van der Waals surface area contributed by atoms with Gasteiger partial charge in [-0.2, -0.15) is 0 Å². The molecule has 4 rings (SSSR count). The molecule has 5 heteroatoms. The van der Waals surface area contributed by atoms with E-state index in [0.717, 1.165) is 56.0 Å². The van der Waals surface area contributed by atoms with E-state index in [4.69, 9.17) is 9.72 Å². The van der Waals surface area contributed by atoms with E-state index >= 15 is 0 Å². The van der Waals surface area contributed by atoms with Crippen LogP contribution in [0.15, 0.2) is 48.7 Å². The lowest BCUT2D eigenvalue weighted by Gasteiger charge is -2.34. The summed E-state index contributed by atoms with van der Waals surface area (Å²) in [5, 5.41) is 0. The zero-order chi connectivity index (χ0) is 17.9. The number of ether oxygens (including phenoxy) is 1. The first-order valence-electron chi connectivity index (χ1n) is 9.19. The third-order valence-electron chi connectivity index (χ3n) is 5.12. The molecule has 0 unspecified atom stereocenters. The summed E-state index contributed by atoms with van der Waals surface area (Å²) < 4.78 is 20.9. The fourth-order valence-corrected chi connectivity index (χ4v) is 3.67. The second-order valence-electron chi connectivity index (χ2n) is 7.00. The average molecular weight is 353 g/mol. The number of imidazole rings is 1. The van der Waals surface area contributed by atoms with E-state index in [2.05, 4.69) is 28.5 Å². The summed E-state index contributed by atoms with van der Waals surface area (Å²) in [4.78, 5) is 7.25. The van der Waals surface area contributed by atoms with E-state index in [1.807, 2.05) is 24.3 Å². The van der Waals surface area contributed by atoms with Crippen LogP contribution in [0.25, 0.3) is 5.65 Å². The highest BCUT2D eigenvalue weighted by molar-refractivity contribution is 5.41. The van der Waals surface area contributed by atoms with E-state index in [-0.39, 0.29) is 5.82 Å². The van der Waals surface area contributed by atoms with E-state index in [9.17, 15) is 4.39 Å². The maximum Gasteiger partial charge on any atom is 0.137 e.